The van der Waals surface area contributed by atoms with Gasteiger partial charge >= 0.3 is 11.9 Å². The Morgan fingerprint density at radius 2 is 1.51 bits per heavy atom. The largest absolute Gasteiger partial charge is 0.481 e. The van der Waals surface area contributed by atoms with E-state index in [0.29, 0.717) is 25.4 Å². The molecule has 63 heavy (non-hydrogen) atoms. The van der Waals surface area contributed by atoms with E-state index in [-0.39, 0.29) is 49.7 Å². The van der Waals surface area contributed by atoms with Crippen molar-refractivity contribution in [2.75, 3.05) is 33.5 Å². The molecule has 3 atom stereocenters. The average Bonchev–Trinajstić information content (AvgIpc) is 3.69. The number of unbranched alkanes of at least 4 members (excludes halogenated alkanes) is 8. The minimum atomic E-state index is -2.19. The first-order chi connectivity index (χ1) is 29.8. The fourth-order valence-corrected chi connectivity index (χ4v) is 8.27. The third-order valence-corrected chi connectivity index (χ3v) is 16.5. The van der Waals surface area contributed by atoms with Crippen LogP contribution in [0.5, 0.6) is 5.75 Å². The van der Waals surface area contributed by atoms with E-state index in [0.717, 1.165) is 50.5 Å². The number of ether oxygens (including phenoxy) is 5. The van der Waals surface area contributed by atoms with E-state index in [4.69, 9.17) is 28.1 Å². The Morgan fingerprint density at radius 1 is 0.889 bits per heavy atom. The van der Waals surface area contributed by atoms with Gasteiger partial charge in [-0.3, -0.25) is 19.2 Å². The molecule has 1 aliphatic rings. The van der Waals surface area contributed by atoms with Gasteiger partial charge < -0.3 is 33.4 Å². The SMILES string of the molecule is CC#CCOc1ccc(CC(NC(=O)[C@@H](/C=C/CCCCCCC2(CCCCCCC)OCCO2)[C@@H](CCO[Si](C)(C)C(C)(C)C)C(=O)OC(C)(C)C)C(=O)CCC(=O)OC)cc1. The van der Waals surface area contributed by atoms with Crippen LogP contribution in [0.3, 0.4) is 0 Å². The lowest BCUT2D eigenvalue weighted by atomic mass is 9.87. The van der Waals surface area contributed by atoms with Gasteiger partial charge in [0.25, 0.3) is 0 Å². The number of Topliss-reactive ketones (excluding diaryl/α,β-unsaturated/α-hetero) is 1. The number of benzene rings is 1. The summed E-state index contributed by atoms with van der Waals surface area (Å²) in [4.78, 5) is 54.7. The number of carbonyl (C=O) groups excluding carboxylic acids is 4. The van der Waals surface area contributed by atoms with Gasteiger partial charge in [0, 0.05) is 25.9 Å². The zero-order chi connectivity index (χ0) is 46.9. The monoisotopic (exact) mass is 898 g/mol. The smallest absolute Gasteiger partial charge is 0.310 e. The van der Waals surface area contributed by atoms with Gasteiger partial charge in [0.15, 0.2) is 19.9 Å². The fourth-order valence-electron chi connectivity index (χ4n) is 7.21. The molecule has 0 spiro atoms. The van der Waals surface area contributed by atoms with E-state index in [9.17, 15) is 19.2 Å². The van der Waals surface area contributed by atoms with Crippen LogP contribution in [-0.2, 0) is 49.0 Å². The van der Waals surface area contributed by atoms with Crippen molar-refractivity contribution in [2.45, 2.75) is 194 Å². The lowest BCUT2D eigenvalue weighted by molar-refractivity contribution is -0.168. The van der Waals surface area contributed by atoms with Gasteiger partial charge in [-0.05, 0) is 102 Å². The lowest BCUT2D eigenvalue weighted by Gasteiger charge is -2.37. The highest BCUT2D eigenvalue weighted by Gasteiger charge is 2.40. The molecule has 1 aliphatic heterocycles. The molecular weight excluding hydrogens is 815 g/mol. The maximum absolute atomic E-state index is 14.7. The molecule has 11 nitrogen and oxygen atoms in total. The number of amides is 1. The number of allylic oxidation sites excluding steroid dienone is 1. The maximum atomic E-state index is 14.7. The molecule has 1 heterocycles. The molecule has 0 aliphatic carbocycles. The highest BCUT2D eigenvalue weighted by molar-refractivity contribution is 6.74. The second-order valence-corrected chi connectivity index (χ2v) is 24.2. The second-order valence-electron chi connectivity index (χ2n) is 19.4. The predicted molar refractivity (Wildman–Crippen MR) is 253 cm³/mol. The number of hydrogen-bond acceptors (Lipinski definition) is 10. The third-order valence-electron chi connectivity index (χ3n) is 12.0. The summed E-state index contributed by atoms with van der Waals surface area (Å²) in [5, 5.41) is 2.96. The minimum absolute atomic E-state index is 0.0528. The van der Waals surface area contributed by atoms with Crippen molar-refractivity contribution in [3.8, 4) is 17.6 Å². The van der Waals surface area contributed by atoms with Crippen LogP contribution in [0.4, 0.5) is 0 Å². The maximum Gasteiger partial charge on any atom is 0.310 e. The molecule has 1 fully saturated rings. The van der Waals surface area contributed by atoms with Crippen LogP contribution in [0.15, 0.2) is 36.4 Å². The molecule has 356 valence electrons. The van der Waals surface area contributed by atoms with Gasteiger partial charge in [-0.1, -0.05) is 96.4 Å². The molecule has 0 bridgehead atoms. The first-order valence-corrected chi connectivity index (χ1v) is 26.5. The number of rotatable bonds is 30. The molecule has 0 radical (unpaired) electrons. The normalized spacial score (nSPS) is 15.5. The first kappa shape index (κ1) is 55.6. The average molecular weight is 898 g/mol. The van der Waals surface area contributed by atoms with Crippen LogP contribution in [0, 0.1) is 23.7 Å². The van der Waals surface area contributed by atoms with Gasteiger partial charge in [0.2, 0.25) is 5.91 Å². The number of carbonyl (C=O) groups is 4. The Morgan fingerprint density at radius 3 is 2.08 bits per heavy atom. The van der Waals surface area contributed by atoms with Gasteiger partial charge in [0.05, 0.1) is 44.6 Å². The molecule has 2 rings (SSSR count). The zero-order valence-corrected chi connectivity index (χ0v) is 41.9. The third kappa shape index (κ3) is 21.8. The van der Waals surface area contributed by atoms with Gasteiger partial charge in [-0.2, -0.15) is 0 Å². The van der Waals surface area contributed by atoms with Crippen molar-refractivity contribution in [1.29, 1.82) is 0 Å². The molecular formula is C51H83NO10Si. The Hall–Kier alpha value is -3.50. The van der Waals surface area contributed by atoms with Crippen LogP contribution in [-0.4, -0.2) is 82.9 Å². The molecule has 1 aromatic carbocycles. The van der Waals surface area contributed by atoms with Crippen molar-refractivity contribution in [3.63, 3.8) is 0 Å². The van der Waals surface area contributed by atoms with E-state index >= 15 is 0 Å². The summed E-state index contributed by atoms with van der Waals surface area (Å²) in [5.74, 6) is 2.19. The standard InChI is InChI=1S/C51H83NO10Si/c1-12-14-16-20-23-33-51(59-37-38-60-51)34-24-21-18-17-19-22-25-42(43(48(56)62-49(3,4)5)32-36-61-63(10,11)50(6,7)8)47(55)52-44(45(53)30-31-46(54)57-9)39-40-26-28-41(29-27-40)58-35-15-13-2/h22,25-29,42-44H,12,14,16-21,23-24,30-39H2,1-11H3,(H,52,55)/b25-22+/t42-,43+,44?/m0/s1. The van der Waals surface area contributed by atoms with E-state index < -0.39 is 55.4 Å². The van der Waals surface area contributed by atoms with Gasteiger partial charge in [-0.25, -0.2) is 0 Å². The topological polar surface area (TPSA) is 136 Å². The van der Waals surface area contributed by atoms with Crippen molar-refractivity contribution in [2.24, 2.45) is 11.8 Å². The minimum Gasteiger partial charge on any atom is -0.481 e. The molecule has 1 unspecified atom stereocenters. The number of methoxy groups -OCH3 is 1. The summed E-state index contributed by atoms with van der Waals surface area (Å²) < 4.78 is 35.3. The van der Waals surface area contributed by atoms with Crippen molar-refractivity contribution in [3.05, 3.63) is 42.0 Å². The molecule has 1 aromatic rings. The van der Waals surface area contributed by atoms with Gasteiger partial charge in [0.1, 0.15) is 18.0 Å². The molecule has 0 saturated carbocycles. The fraction of sp³-hybridized carbons (Fsp3) is 0.725. The Bertz CT molecular complexity index is 1610. The number of nitrogens with one attached hydrogen (secondary N) is 1. The summed E-state index contributed by atoms with van der Waals surface area (Å²) in [6, 6.07) is 6.28. The second kappa shape index (κ2) is 28.4. The van der Waals surface area contributed by atoms with E-state index in [1.165, 1.54) is 32.8 Å². The lowest BCUT2D eigenvalue weighted by Crippen LogP contribution is -2.48. The van der Waals surface area contributed by atoms with Crippen LogP contribution < -0.4 is 10.1 Å². The Kier molecular flexibility index (Phi) is 25.1. The van der Waals surface area contributed by atoms with Crippen molar-refractivity contribution in [1.82, 2.24) is 5.32 Å². The summed E-state index contributed by atoms with van der Waals surface area (Å²) >= 11 is 0. The van der Waals surface area contributed by atoms with Crippen LogP contribution >= 0.6 is 0 Å². The summed E-state index contributed by atoms with van der Waals surface area (Å²) in [6.07, 6.45) is 16.5. The van der Waals surface area contributed by atoms with Crippen molar-refractivity contribution < 1.29 is 47.3 Å². The Labute approximate surface area is 382 Å². The Balaban J connectivity index is 2.34. The summed E-state index contributed by atoms with van der Waals surface area (Å²) in [5.41, 5.74) is -0.0170. The molecule has 1 amide bonds. The van der Waals surface area contributed by atoms with Gasteiger partial charge in [-0.15, -0.1) is 5.92 Å². The predicted octanol–water partition coefficient (Wildman–Crippen LogP) is 10.6. The van der Waals surface area contributed by atoms with Crippen LogP contribution in [0.2, 0.25) is 18.1 Å². The van der Waals surface area contributed by atoms with E-state index in [1.54, 1.807) is 19.1 Å². The highest BCUT2D eigenvalue weighted by Crippen LogP contribution is 2.37. The van der Waals surface area contributed by atoms with E-state index in [2.05, 4.69) is 57.9 Å². The molecule has 1 saturated heterocycles. The first-order valence-electron chi connectivity index (χ1n) is 23.6. The number of hydrogen-bond donors (Lipinski definition) is 1. The van der Waals surface area contributed by atoms with Crippen LogP contribution in [0.1, 0.15) is 157 Å². The summed E-state index contributed by atoms with van der Waals surface area (Å²) in [6.45, 7) is 22.0. The highest BCUT2D eigenvalue weighted by atomic mass is 28.4. The van der Waals surface area contributed by atoms with Crippen molar-refractivity contribution >= 4 is 31.9 Å². The van der Waals surface area contributed by atoms with E-state index in [1.807, 2.05) is 45.1 Å². The number of ketones is 1. The quantitative estimate of drug-likeness (QED) is 0.0261. The summed E-state index contributed by atoms with van der Waals surface area (Å²) in [7, 11) is -0.918. The zero-order valence-electron chi connectivity index (χ0n) is 40.9. The molecule has 12 heteroatoms. The van der Waals surface area contributed by atoms with Crippen LogP contribution in [0.25, 0.3) is 0 Å². The molecule has 0 aromatic heterocycles. The molecule has 1 N–H and O–H groups in total. The number of esters is 2.